The van der Waals surface area contributed by atoms with Crippen LogP contribution in [0.4, 0.5) is 0 Å². The minimum atomic E-state index is -0.772. The van der Waals surface area contributed by atoms with Crippen LogP contribution in [0.25, 0.3) is 10.2 Å². The summed E-state index contributed by atoms with van der Waals surface area (Å²) in [6.07, 6.45) is 7.04. The molecule has 1 aliphatic carbocycles. The number of hydrazone groups is 1. The van der Waals surface area contributed by atoms with Gasteiger partial charge in [0.25, 0.3) is 11.5 Å². The molecular formula is C28H27BrN4O4S. The average molecular weight is 596 g/mol. The third-order valence-corrected chi connectivity index (χ3v) is 8.35. The third-order valence-electron chi connectivity index (χ3n) is 6.56. The van der Waals surface area contributed by atoms with Crippen LogP contribution < -0.4 is 20.5 Å². The van der Waals surface area contributed by atoms with Gasteiger partial charge in [-0.05, 0) is 77.4 Å². The Kier molecular flexibility index (Phi) is 7.90. The molecule has 10 heteroatoms. The highest BCUT2D eigenvalue weighted by atomic mass is 79.9. The number of carbonyl (C=O) groups is 1. The number of amides is 1. The number of ether oxygens (including phenoxy) is 2. The largest absolute Gasteiger partial charge is 0.493 e. The van der Waals surface area contributed by atoms with Crippen molar-refractivity contribution < 1.29 is 14.3 Å². The predicted molar refractivity (Wildman–Crippen MR) is 152 cm³/mol. The summed E-state index contributed by atoms with van der Waals surface area (Å²) in [7, 11) is 1.56. The number of aryl methyl sites for hydroxylation is 2. The van der Waals surface area contributed by atoms with Gasteiger partial charge in [0.2, 0.25) is 0 Å². The lowest BCUT2D eigenvalue weighted by molar-refractivity contribution is -0.123. The van der Waals surface area contributed by atoms with Gasteiger partial charge in [-0.1, -0.05) is 30.3 Å². The van der Waals surface area contributed by atoms with E-state index < -0.39 is 11.9 Å². The highest BCUT2D eigenvalue weighted by Gasteiger charge is 2.23. The molecular weight excluding hydrogens is 568 g/mol. The first-order valence-corrected chi connectivity index (χ1v) is 14.0. The predicted octanol–water partition coefficient (Wildman–Crippen LogP) is 5.40. The number of rotatable bonds is 8. The Balaban J connectivity index is 1.28. The van der Waals surface area contributed by atoms with Crippen LogP contribution in [0.1, 0.15) is 47.4 Å². The molecule has 0 unspecified atom stereocenters. The van der Waals surface area contributed by atoms with Gasteiger partial charge in [0.15, 0.2) is 11.5 Å². The van der Waals surface area contributed by atoms with Crippen molar-refractivity contribution in [2.45, 2.75) is 45.3 Å². The van der Waals surface area contributed by atoms with E-state index >= 15 is 0 Å². The number of nitrogens with zero attached hydrogens (tertiary/aromatic N) is 3. The fourth-order valence-corrected chi connectivity index (χ4v) is 6.30. The molecule has 0 bridgehead atoms. The van der Waals surface area contributed by atoms with Crippen LogP contribution in [0.3, 0.4) is 0 Å². The van der Waals surface area contributed by atoms with Crippen LogP contribution in [0.2, 0.25) is 0 Å². The maximum atomic E-state index is 13.3. The second kappa shape index (κ2) is 11.5. The summed E-state index contributed by atoms with van der Waals surface area (Å²) in [5.41, 5.74) is 5.19. The summed E-state index contributed by atoms with van der Waals surface area (Å²) >= 11 is 5.13. The molecule has 5 rings (SSSR count). The fourth-order valence-electron chi connectivity index (χ4n) is 4.51. The van der Waals surface area contributed by atoms with Gasteiger partial charge < -0.3 is 9.47 Å². The summed E-state index contributed by atoms with van der Waals surface area (Å²) in [6, 6.07) is 12.7. The van der Waals surface area contributed by atoms with Crippen molar-refractivity contribution in [3.05, 3.63) is 85.2 Å². The number of halogens is 1. The molecule has 196 valence electrons. The topological polar surface area (TPSA) is 94.8 Å². The van der Waals surface area contributed by atoms with Gasteiger partial charge in [0.1, 0.15) is 17.5 Å². The number of aromatic nitrogens is 2. The van der Waals surface area contributed by atoms with Crippen molar-refractivity contribution in [2.75, 3.05) is 7.11 Å². The molecule has 1 aliphatic rings. The maximum absolute atomic E-state index is 13.3. The van der Waals surface area contributed by atoms with E-state index in [9.17, 15) is 9.59 Å². The molecule has 2 aromatic heterocycles. The normalized spacial score (nSPS) is 13.9. The Morgan fingerprint density at radius 1 is 1.26 bits per heavy atom. The van der Waals surface area contributed by atoms with E-state index in [1.807, 2.05) is 36.4 Å². The van der Waals surface area contributed by atoms with E-state index in [1.54, 1.807) is 31.4 Å². The highest BCUT2D eigenvalue weighted by Crippen LogP contribution is 2.37. The molecule has 8 nitrogen and oxygen atoms in total. The number of fused-ring (bicyclic) bond motifs is 3. The van der Waals surface area contributed by atoms with E-state index in [4.69, 9.17) is 9.47 Å². The van der Waals surface area contributed by atoms with Crippen molar-refractivity contribution in [1.82, 2.24) is 15.0 Å². The summed E-state index contributed by atoms with van der Waals surface area (Å²) in [5.74, 6) is 0.688. The fraction of sp³-hybridized carbons (Fsp3) is 0.286. The van der Waals surface area contributed by atoms with Crippen LogP contribution in [-0.4, -0.2) is 28.8 Å². The van der Waals surface area contributed by atoms with E-state index in [1.165, 1.54) is 22.0 Å². The summed E-state index contributed by atoms with van der Waals surface area (Å²) in [6.45, 7) is 2.06. The molecule has 2 aromatic carbocycles. The molecule has 38 heavy (non-hydrogen) atoms. The SMILES string of the molecule is COc1cc(/C=N\NC(=O)[C@H](C)n2cnc3sc4c(c3c2=O)CCCC4)cc(Br)c1OCc1ccccc1. The van der Waals surface area contributed by atoms with Crippen LogP contribution in [0.15, 0.2) is 63.2 Å². The van der Waals surface area contributed by atoms with Gasteiger partial charge in [-0.15, -0.1) is 11.3 Å². The molecule has 2 heterocycles. The number of thiophene rings is 1. The van der Waals surface area contributed by atoms with E-state index in [0.717, 1.165) is 41.6 Å². The van der Waals surface area contributed by atoms with Crippen LogP contribution in [0.5, 0.6) is 11.5 Å². The smallest absolute Gasteiger partial charge is 0.263 e. The standard InChI is InChI=1S/C28H27BrN4O4S/c1-17(33-16-30-27-24(28(33)35)20-10-6-7-11-23(20)38-27)26(34)32-31-14-19-12-21(29)25(22(13-19)36-2)37-15-18-8-4-3-5-9-18/h3-5,8-9,12-14,16-17H,6-7,10-11,15H2,1-2H3,(H,32,34)/b31-14-/t17-/m0/s1. The van der Waals surface area contributed by atoms with E-state index in [2.05, 4.69) is 31.4 Å². The van der Waals surface area contributed by atoms with E-state index in [0.29, 0.717) is 33.5 Å². The number of hydrogen-bond donors (Lipinski definition) is 1. The molecule has 0 saturated heterocycles. The number of benzene rings is 2. The monoisotopic (exact) mass is 594 g/mol. The van der Waals surface area contributed by atoms with Gasteiger partial charge in [0, 0.05) is 4.88 Å². The Bertz CT molecular complexity index is 1560. The van der Waals surface area contributed by atoms with Crippen LogP contribution in [-0.2, 0) is 24.2 Å². The van der Waals surface area contributed by atoms with Crippen molar-refractivity contribution in [3.63, 3.8) is 0 Å². The molecule has 0 spiro atoms. The van der Waals surface area contributed by atoms with Crippen molar-refractivity contribution in [1.29, 1.82) is 0 Å². The molecule has 0 saturated carbocycles. The lowest BCUT2D eigenvalue weighted by Gasteiger charge is -2.14. The first-order chi connectivity index (χ1) is 18.5. The molecule has 1 atom stereocenters. The average Bonchev–Trinajstić information content (AvgIpc) is 3.32. The van der Waals surface area contributed by atoms with Crippen LogP contribution >= 0.6 is 27.3 Å². The van der Waals surface area contributed by atoms with Gasteiger partial charge >= 0.3 is 0 Å². The summed E-state index contributed by atoms with van der Waals surface area (Å²) < 4.78 is 13.6. The van der Waals surface area contributed by atoms with Gasteiger partial charge in [-0.3, -0.25) is 14.2 Å². The Hall–Kier alpha value is -3.50. The van der Waals surface area contributed by atoms with Gasteiger partial charge in [-0.2, -0.15) is 5.10 Å². The van der Waals surface area contributed by atoms with Crippen molar-refractivity contribution >= 4 is 49.6 Å². The number of carbonyl (C=O) groups excluding carboxylic acids is 1. The van der Waals surface area contributed by atoms with Crippen LogP contribution in [0, 0.1) is 0 Å². The molecule has 0 fully saturated rings. The third kappa shape index (κ3) is 5.37. The second-order valence-electron chi connectivity index (χ2n) is 9.07. The minimum Gasteiger partial charge on any atom is -0.493 e. The first kappa shape index (κ1) is 26.1. The zero-order valence-corrected chi connectivity index (χ0v) is 23.5. The highest BCUT2D eigenvalue weighted by molar-refractivity contribution is 9.10. The first-order valence-electron chi connectivity index (χ1n) is 12.3. The number of nitrogens with one attached hydrogen (secondary N) is 1. The summed E-state index contributed by atoms with van der Waals surface area (Å²) in [5, 5.41) is 4.76. The Morgan fingerprint density at radius 3 is 2.84 bits per heavy atom. The second-order valence-corrected chi connectivity index (χ2v) is 11.0. The van der Waals surface area contributed by atoms with Gasteiger partial charge in [-0.25, -0.2) is 10.4 Å². The van der Waals surface area contributed by atoms with Crippen molar-refractivity contribution in [2.24, 2.45) is 5.10 Å². The Morgan fingerprint density at radius 2 is 2.05 bits per heavy atom. The van der Waals surface area contributed by atoms with E-state index in [-0.39, 0.29) is 5.56 Å². The lowest BCUT2D eigenvalue weighted by Crippen LogP contribution is -2.34. The quantitative estimate of drug-likeness (QED) is 0.218. The zero-order valence-electron chi connectivity index (χ0n) is 21.1. The Labute approximate surface area is 232 Å². The number of hydrogen-bond acceptors (Lipinski definition) is 7. The molecule has 1 amide bonds. The van der Waals surface area contributed by atoms with Gasteiger partial charge in [0.05, 0.1) is 29.5 Å². The molecule has 1 N–H and O–H groups in total. The lowest BCUT2D eigenvalue weighted by atomic mass is 9.97. The molecule has 4 aromatic rings. The maximum Gasteiger partial charge on any atom is 0.263 e. The minimum absolute atomic E-state index is 0.180. The number of methoxy groups -OCH3 is 1. The zero-order chi connectivity index (χ0) is 26.6. The van der Waals surface area contributed by atoms with Crippen molar-refractivity contribution in [3.8, 4) is 11.5 Å². The molecule has 0 aliphatic heterocycles. The molecule has 0 radical (unpaired) electrons. The summed E-state index contributed by atoms with van der Waals surface area (Å²) in [4.78, 5) is 32.6.